The van der Waals surface area contributed by atoms with Crippen LogP contribution in [0.5, 0.6) is 28.7 Å². The Labute approximate surface area is 191 Å². The van der Waals surface area contributed by atoms with Crippen molar-refractivity contribution in [1.82, 2.24) is 0 Å². The van der Waals surface area contributed by atoms with Crippen molar-refractivity contribution in [3.05, 3.63) is 82.6 Å². The summed E-state index contributed by atoms with van der Waals surface area (Å²) in [6, 6.07) is 15.2. The number of Topliss-reactive ketones (excluding diaryl/α,β-unsaturated/α-hetero) is 1. The maximum Gasteiger partial charge on any atom is 0.347 e. The third-order valence-corrected chi connectivity index (χ3v) is 5.21. The first kappa shape index (κ1) is 22.0. The molecule has 3 aromatic rings. The van der Waals surface area contributed by atoms with Crippen molar-refractivity contribution in [3.63, 3.8) is 0 Å². The number of carbonyl (C=O) groups is 2. The molecule has 0 saturated heterocycles. The van der Waals surface area contributed by atoms with Crippen LogP contribution in [0.3, 0.4) is 0 Å². The number of ether oxygens (including phenoxy) is 5. The van der Waals surface area contributed by atoms with E-state index in [1.165, 1.54) is 20.3 Å². The molecule has 0 radical (unpaired) electrons. The Morgan fingerprint density at radius 1 is 0.879 bits per heavy atom. The lowest BCUT2D eigenvalue weighted by molar-refractivity contribution is 0.0731. The van der Waals surface area contributed by atoms with E-state index in [1.807, 2.05) is 0 Å². The first-order valence-electron chi connectivity index (χ1n) is 10.1. The zero-order valence-electron chi connectivity index (χ0n) is 18.6. The Morgan fingerprint density at radius 3 is 2.36 bits per heavy atom. The fourth-order valence-corrected chi connectivity index (χ4v) is 3.59. The van der Waals surface area contributed by atoms with Gasteiger partial charge in [-0.3, -0.25) is 4.79 Å². The van der Waals surface area contributed by atoms with E-state index in [1.54, 1.807) is 68.6 Å². The molecule has 1 heterocycles. The molecule has 0 unspecified atom stereocenters. The van der Waals surface area contributed by atoms with E-state index in [-0.39, 0.29) is 17.3 Å². The number of hydrogen-bond donors (Lipinski definition) is 0. The quantitative estimate of drug-likeness (QED) is 0.304. The van der Waals surface area contributed by atoms with Crippen molar-refractivity contribution < 1.29 is 33.3 Å². The zero-order valence-corrected chi connectivity index (χ0v) is 18.6. The van der Waals surface area contributed by atoms with Crippen LogP contribution in [0.15, 0.2) is 60.4 Å². The largest absolute Gasteiger partial charge is 0.497 e. The van der Waals surface area contributed by atoms with Crippen molar-refractivity contribution in [3.8, 4) is 28.7 Å². The number of carbonyl (C=O) groups excluding carboxylic acids is 2. The number of rotatable bonds is 6. The molecule has 0 bridgehead atoms. The predicted octanol–water partition coefficient (Wildman–Crippen LogP) is 4.86. The first-order valence-corrected chi connectivity index (χ1v) is 10.1. The number of para-hydroxylation sites is 1. The fourth-order valence-electron chi connectivity index (χ4n) is 3.59. The third kappa shape index (κ3) is 4.25. The summed E-state index contributed by atoms with van der Waals surface area (Å²) in [5.74, 6) is 1.47. The Kier molecular flexibility index (Phi) is 6.04. The van der Waals surface area contributed by atoms with E-state index >= 15 is 0 Å². The van der Waals surface area contributed by atoms with E-state index in [2.05, 4.69) is 0 Å². The van der Waals surface area contributed by atoms with Crippen LogP contribution in [-0.4, -0.2) is 33.1 Å². The molecule has 0 saturated carbocycles. The number of esters is 1. The Morgan fingerprint density at radius 2 is 1.64 bits per heavy atom. The highest BCUT2D eigenvalue weighted by Gasteiger charge is 2.31. The van der Waals surface area contributed by atoms with E-state index in [4.69, 9.17) is 23.7 Å². The van der Waals surface area contributed by atoms with Crippen LogP contribution in [0.2, 0.25) is 0 Å². The van der Waals surface area contributed by atoms with Crippen molar-refractivity contribution in [1.29, 1.82) is 0 Å². The maximum absolute atomic E-state index is 13.0. The molecule has 0 N–H and O–H groups in total. The summed E-state index contributed by atoms with van der Waals surface area (Å²) in [6.07, 6.45) is 1.61. The van der Waals surface area contributed by atoms with Crippen LogP contribution in [0.25, 0.3) is 6.08 Å². The van der Waals surface area contributed by atoms with E-state index in [0.29, 0.717) is 45.3 Å². The Bertz CT molecular complexity index is 1270. The predicted molar refractivity (Wildman–Crippen MR) is 122 cm³/mol. The molecule has 0 fully saturated rings. The van der Waals surface area contributed by atoms with Gasteiger partial charge in [-0.25, -0.2) is 4.79 Å². The summed E-state index contributed by atoms with van der Waals surface area (Å²) in [7, 11) is 4.58. The van der Waals surface area contributed by atoms with Crippen LogP contribution in [-0.2, 0) is 0 Å². The summed E-state index contributed by atoms with van der Waals surface area (Å²) in [5.41, 5.74) is 2.01. The molecule has 33 heavy (non-hydrogen) atoms. The molecule has 7 nitrogen and oxygen atoms in total. The summed E-state index contributed by atoms with van der Waals surface area (Å²) in [4.78, 5) is 25.7. The topological polar surface area (TPSA) is 80.3 Å². The normalized spacial score (nSPS) is 13.3. The number of hydrogen-bond acceptors (Lipinski definition) is 7. The molecule has 0 aromatic heterocycles. The van der Waals surface area contributed by atoms with E-state index < -0.39 is 5.97 Å². The van der Waals surface area contributed by atoms with Crippen LogP contribution in [0.4, 0.5) is 0 Å². The van der Waals surface area contributed by atoms with Gasteiger partial charge in [0.15, 0.2) is 5.76 Å². The highest BCUT2D eigenvalue weighted by atomic mass is 16.5. The van der Waals surface area contributed by atoms with E-state index in [0.717, 1.165) is 0 Å². The molecule has 7 heteroatoms. The smallest absolute Gasteiger partial charge is 0.347 e. The lowest BCUT2D eigenvalue weighted by atomic mass is 10.0. The zero-order chi connectivity index (χ0) is 23.5. The minimum atomic E-state index is -0.574. The van der Waals surface area contributed by atoms with Crippen molar-refractivity contribution in [2.75, 3.05) is 21.3 Å². The Hall–Kier alpha value is -4.26. The van der Waals surface area contributed by atoms with Gasteiger partial charge in [0, 0.05) is 17.7 Å². The minimum Gasteiger partial charge on any atom is -0.497 e. The molecule has 168 valence electrons. The third-order valence-electron chi connectivity index (χ3n) is 5.21. The van der Waals surface area contributed by atoms with Gasteiger partial charge in [0.05, 0.1) is 26.9 Å². The summed E-state index contributed by atoms with van der Waals surface area (Å²) < 4.78 is 27.2. The monoisotopic (exact) mass is 446 g/mol. The average molecular weight is 446 g/mol. The number of fused-ring (bicyclic) bond motifs is 1. The Balaban J connectivity index is 1.63. The minimum absolute atomic E-state index is 0.143. The van der Waals surface area contributed by atoms with Gasteiger partial charge in [-0.2, -0.15) is 0 Å². The second kappa shape index (κ2) is 9.08. The molecule has 1 aliphatic heterocycles. The molecular formula is C26H22O7. The van der Waals surface area contributed by atoms with Gasteiger partial charge in [-0.15, -0.1) is 0 Å². The van der Waals surface area contributed by atoms with Crippen molar-refractivity contribution >= 4 is 17.8 Å². The summed E-state index contributed by atoms with van der Waals surface area (Å²) in [5, 5.41) is 0. The summed E-state index contributed by atoms with van der Waals surface area (Å²) >= 11 is 0. The maximum atomic E-state index is 13.0. The number of methoxy groups -OCH3 is 3. The first-order chi connectivity index (χ1) is 15.9. The number of ketones is 1. The molecule has 3 aromatic carbocycles. The number of aryl methyl sites for hydroxylation is 1. The van der Waals surface area contributed by atoms with Gasteiger partial charge >= 0.3 is 5.97 Å². The second-order valence-electron chi connectivity index (χ2n) is 7.25. The average Bonchev–Trinajstić information content (AvgIpc) is 3.14. The molecular weight excluding hydrogens is 424 g/mol. The van der Waals surface area contributed by atoms with Crippen LogP contribution in [0.1, 0.15) is 31.8 Å². The molecule has 4 rings (SSSR count). The van der Waals surface area contributed by atoms with E-state index in [9.17, 15) is 9.59 Å². The molecule has 0 spiro atoms. The summed E-state index contributed by atoms with van der Waals surface area (Å²) in [6.45, 7) is 1.76. The molecule has 1 aliphatic rings. The van der Waals surface area contributed by atoms with Gasteiger partial charge in [0.2, 0.25) is 5.78 Å². The van der Waals surface area contributed by atoms with Crippen LogP contribution >= 0.6 is 0 Å². The lowest BCUT2D eigenvalue weighted by Gasteiger charge is -2.10. The SMILES string of the molecule is COc1ccc(/C=C2\Oc3cc(OC(=O)c4ccccc4OC)cc(C)c3C2=O)c(OC)c1. The van der Waals surface area contributed by atoms with Gasteiger partial charge in [0.1, 0.15) is 34.3 Å². The highest BCUT2D eigenvalue weighted by molar-refractivity contribution is 6.15. The van der Waals surface area contributed by atoms with Gasteiger partial charge < -0.3 is 23.7 Å². The second-order valence-corrected chi connectivity index (χ2v) is 7.25. The lowest BCUT2D eigenvalue weighted by Crippen LogP contribution is -2.10. The number of allylic oxidation sites excluding steroid dienone is 1. The van der Waals surface area contributed by atoms with Crippen molar-refractivity contribution in [2.24, 2.45) is 0 Å². The molecule has 0 aliphatic carbocycles. The van der Waals surface area contributed by atoms with Crippen LogP contribution in [0, 0.1) is 6.92 Å². The standard InChI is InChI=1S/C26H22O7/c1-15-11-18(32-26(28)19-7-5-6-8-20(19)30-3)14-22-24(15)25(27)23(33-22)12-16-9-10-17(29-2)13-21(16)31-4/h5-14H,1-4H3/b23-12-. The van der Waals surface area contributed by atoms with Crippen molar-refractivity contribution in [2.45, 2.75) is 6.92 Å². The fraction of sp³-hybridized carbons (Fsp3) is 0.154. The van der Waals surface area contributed by atoms with Gasteiger partial charge in [0.25, 0.3) is 0 Å². The molecule has 0 atom stereocenters. The van der Waals surface area contributed by atoms with Gasteiger partial charge in [-0.1, -0.05) is 12.1 Å². The van der Waals surface area contributed by atoms with Crippen LogP contribution < -0.4 is 23.7 Å². The molecule has 0 amide bonds. The highest BCUT2D eigenvalue weighted by Crippen LogP contribution is 2.39. The van der Waals surface area contributed by atoms with Gasteiger partial charge in [-0.05, 0) is 48.9 Å². The number of benzene rings is 3.